The molecule has 8 heteroatoms. The summed E-state index contributed by atoms with van der Waals surface area (Å²) >= 11 is 0. The van der Waals surface area contributed by atoms with Crippen LogP contribution in [0.3, 0.4) is 0 Å². The van der Waals surface area contributed by atoms with Crippen molar-refractivity contribution in [2.24, 2.45) is 11.8 Å². The van der Waals surface area contributed by atoms with Gasteiger partial charge in [-0.3, -0.25) is 0 Å². The van der Waals surface area contributed by atoms with Crippen molar-refractivity contribution in [1.29, 1.82) is 0 Å². The van der Waals surface area contributed by atoms with Gasteiger partial charge in [0.05, 0.1) is 32.5 Å². The third-order valence-corrected chi connectivity index (χ3v) is 5.68. The molecule has 0 amide bonds. The summed E-state index contributed by atoms with van der Waals surface area (Å²) in [5.41, 5.74) is 0.156. The zero-order valence-corrected chi connectivity index (χ0v) is 15.6. The van der Waals surface area contributed by atoms with Crippen molar-refractivity contribution >= 4 is 0 Å². The molecular weight excluding hydrogens is 377 g/mol. The second-order valence-corrected chi connectivity index (χ2v) is 7.70. The third-order valence-electron chi connectivity index (χ3n) is 5.68. The monoisotopic (exact) mass is 402 g/mol. The van der Waals surface area contributed by atoms with Gasteiger partial charge in [-0.15, -0.1) is 0 Å². The Labute approximate surface area is 162 Å². The zero-order chi connectivity index (χ0) is 19.5. The van der Waals surface area contributed by atoms with Crippen molar-refractivity contribution in [1.82, 2.24) is 0 Å². The van der Waals surface area contributed by atoms with Crippen LogP contribution >= 0.6 is 0 Å². The van der Waals surface area contributed by atoms with Crippen LogP contribution in [0.2, 0.25) is 0 Å². The Balaban J connectivity index is 1.18. The van der Waals surface area contributed by atoms with Crippen LogP contribution in [0.1, 0.15) is 37.5 Å². The van der Waals surface area contributed by atoms with E-state index in [0.29, 0.717) is 32.5 Å². The highest BCUT2D eigenvalue weighted by Gasteiger charge is 2.33. The van der Waals surface area contributed by atoms with Gasteiger partial charge in [-0.1, -0.05) is 0 Å². The van der Waals surface area contributed by atoms with Crippen molar-refractivity contribution in [3.05, 3.63) is 35.1 Å². The van der Waals surface area contributed by atoms with Crippen molar-refractivity contribution in [2.75, 3.05) is 33.2 Å². The number of benzene rings is 1. The van der Waals surface area contributed by atoms with Gasteiger partial charge in [0, 0.05) is 11.5 Å². The number of hydrogen-bond acceptors (Lipinski definition) is 5. The summed E-state index contributed by atoms with van der Waals surface area (Å²) in [6.45, 7) is 2.58. The number of halogens is 3. The summed E-state index contributed by atoms with van der Waals surface area (Å²) in [6.07, 6.45) is 3.53. The maximum atomic E-state index is 13.4. The molecule has 1 unspecified atom stereocenters. The minimum absolute atomic E-state index is 0.156. The molecule has 5 nitrogen and oxygen atoms in total. The number of rotatable bonds is 7. The standard InChI is InChI=1S/C20H25F3O5/c21-17-5-13(6-18(22)19(17)23)20-26-7-14(8-27-20)12-1-3-15(4-2-12)28-11-24-9-16-10-25-16/h5-6,12,14-16,20H,1-4,7-11H2. The summed E-state index contributed by atoms with van der Waals surface area (Å²) in [5, 5.41) is 0. The van der Waals surface area contributed by atoms with Gasteiger partial charge >= 0.3 is 0 Å². The summed E-state index contributed by atoms with van der Waals surface area (Å²) in [6, 6.07) is 1.84. The topological polar surface area (TPSA) is 49.5 Å². The molecule has 3 aliphatic rings. The van der Waals surface area contributed by atoms with Gasteiger partial charge in [-0.2, -0.15) is 0 Å². The molecule has 156 valence electrons. The highest BCUT2D eigenvalue weighted by atomic mass is 19.2. The fourth-order valence-corrected chi connectivity index (χ4v) is 3.91. The lowest BCUT2D eigenvalue weighted by molar-refractivity contribution is -0.216. The first-order chi connectivity index (χ1) is 13.6. The summed E-state index contributed by atoms with van der Waals surface area (Å²) in [5.74, 6) is -3.27. The largest absolute Gasteiger partial charge is 0.371 e. The van der Waals surface area contributed by atoms with Crippen molar-refractivity contribution in [2.45, 2.75) is 44.2 Å². The van der Waals surface area contributed by atoms with Crippen LogP contribution in [0, 0.1) is 29.3 Å². The van der Waals surface area contributed by atoms with Crippen LogP contribution in [0.4, 0.5) is 13.2 Å². The molecule has 1 aromatic carbocycles. The molecule has 1 aromatic rings. The number of ether oxygens (including phenoxy) is 5. The molecule has 1 aliphatic carbocycles. The van der Waals surface area contributed by atoms with E-state index in [9.17, 15) is 13.2 Å². The fraction of sp³-hybridized carbons (Fsp3) is 0.700. The maximum absolute atomic E-state index is 13.4. The lowest BCUT2D eigenvalue weighted by Gasteiger charge is -2.37. The van der Waals surface area contributed by atoms with E-state index in [-0.39, 0.29) is 23.7 Å². The predicted octanol–water partition coefficient (Wildman–Crippen LogP) is 3.71. The van der Waals surface area contributed by atoms with Gasteiger partial charge in [0.25, 0.3) is 0 Å². The third kappa shape index (κ3) is 5.04. The molecule has 0 bridgehead atoms. The van der Waals surface area contributed by atoms with Crippen molar-refractivity contribution < 1.29 is 36.9 Å². The predicted molar refractivity (Wildman–Crippen MR) is 91.8 cm³/mol. The van der Waals surface area contributed by atoms with Gasteiger partial charge in [-0.25, -0.2) is 13.2 Å². The van der Waals surface area contributed by atoms with Gasteiger partial charge in [0.1, 0.15) is 12.9 Å². The molecule has 1 atom stereocenters. The molecule has 2 saturated heterocycles. The molecular formula is C20H25F3O5. The second-order valence-electron chi connectivity index (χ2n) is 7.70. The van der Waals surface area contributed by atoms with E-state index in [2.05, 4.69) is 0 Å². The molecule has 3 fully saturated rings. The summed E-state index contributed by atoms with van der Waals surface area (Å²) < 4.78 is 67.5. The first-order valence-corrected chi connectivity index (χ1v) is 9.78. The molecule has 0 aromatic heterocycles. The Bertz CT molecular complexity index is 630. The van der Waals surface area contributed by atoms with Gasteiger partial charge < -0.3 is 23.7 Å². The van der Waals surface area contributed by atoms with Gasteiger partial charge in [0.2, 0.25) is 0 Å². The summed E-state index contributed by atoms with van der Waals surface area (Å²) in [7, 11) is 0. The number of hydrogen-bond donors (Lipinski definition) is 0. The van der Waals surface area contributed by atoms with Crippen molar-refractivity contribution in [3.8, 4) is 0 Å². The SMILES string of the molecule is Fc1cc(C2OCC(C3CCC(OCOCC4CO4)CC3)CO2)cc(F)c1F. The van der Waals surface area contributed by atoms with E-state index < -0.39 is 23.7 Å². The smallest absolute Gasteiger partial charge is 0.194 e. The zero-order valence-electron chi connectivity index (χ0n) is 15.6. The van der Waals surface area contributed by atoms with Crippen LogP contribution in [-0.4, -0.2) is 45.4 Å². The van der Waals surface area contributed by atoms with E-state index in [4.69, 9.17) is 23.7 Å². The molecule has 0 spiro atoms. The van der Waals surface area contributed by atoms with Gasteiger partial charge in [0.15, 0.2) is 23.7 Å². The first-order valence-electron chi connectivity index (χ1n) is 9.78. The lowest BCUT2D eigenvalue weighted by Crippen LogP contribution is -2.35. The molecule has 4 rings (SSSR count). The Kier molecular flexibility index (Phi) is 6.52. The fourth-order valence-electron chi connectivity index (χ4n) is 3.91. The second kappa shape index (κ2) is 9.09. The van der Waals surface area contributed by atoms with E-state index >= 15 is 0 Å². The summed E-state index contributed by atoms with van der Waals surface area (Å²) in [4.78, 5) is 0. The Morgan fingerprint density at radius 2 is 1.50 bits per heavy atom. The van der Waals surface area contributed by atoms with E-state index in [1.54, 1.807) is 0 Å². The average Bonchev–Trinajstić information content (AvgIpc) is 3.54. The minimum Gasteiger partial charge on any atom is -0.371 e. The van der Waals surface area contributed by atoms with Crippen LogP contribution in [0.15, 0.2) is 12.1 Å². The Hall–Kier alpha value is -1.19. The molecule has 1 saturated carbocycles. The van der Waals surface area contributed by atoms with Crippen LogP contribution < -0.4 is 0 Å². The van der Waals surface area contributed by atoms with Crippen LogP contribution in [0.25, 0.3) is 0 Å². The molecule has 28 heavy (non-hydrogen) atoms. The van der Waals surface area contributed by atoms with E-state index in [1.807, 2.05) is 0 Å². The minimum atomic E-state index is -1.48. The van der Waals surface area contributed by atoms with Gasteiger partial charge in [-0.05, 0) is 43.7 Å². The quantitative estimate of drug-likeness (QED) is 0.301. The highest BCUT2D eigenvalue weighted by Crippen LogP contribution is 2.36. The Morgan fingerprint density at radius 3 is 2.11 bits per heavy atom. The van der Waals surface area contributed by atoms with Crippen molar-refractivity contribution in [3.63, 3.8) is 0 Å². The average molecular weight is 402 g/mol. The lowest BCUT2D eigenvalue weighted by atomic mass is 9.79. The molecule has 0 N–H and O–H groups in total. The maximum Gasteiger partial charge on any atom is 0.194 e. The van der Waals surface area contributed by atoms with E-state index in [0.717, 1.165) is 44.4 Å². The highest BCUT2D eigenvalue weighted by molar-refractivity contribution is 5.20. The normalized spacial score (nSPS) is 33.0. The van der Waals surface area contributed by atoms with E-state index in [1.165, 1.54) is 0 Å². The van der Waals surface area contributed by atoms with Crippen LogP contribution in [-0.2, 0) is 23.7 Å². The molecule has 0 radical (unpaired) electrons. The number of epoxide rings is 1. The molecule has 2 aliphatic heterocycles. The van der Waals surface area contributed by atoms with Crippen LogP contribution in [0.5, 0.6) is 0 Å². The molecule has 2 heterocycles. The Morgan fingerprint density at radius 1 is 0.857 bits per heavy atom. The first kappa shape index (κ1) is 20.1.